The first-order valence-corrected chi connectivity index (χ1v) is 29.7. The van der Waals surface area contributed by atoms with Crippen molar-refractivity contribution < 1.29 is 47.6 Å². The molecular weight excluding hydrogens is 1030 g/mol. The molecule has 19 heteroatoms. The number of halogens is 1. The van der Waals surface area contributed by atoms with Crippen molar-refractivity contribution in [2.45, 2.75) is 175 Å². The van der Waals surface area contributed by atoms with Crippen LogP contribution in [0.5, 0.6) is 0 Å². The van der Waals surface area contributed by atoms with Crippen molar-refractivity contribution in [1.29, 1.82) is 0 Å². The number of carbonyl (C=O) groups is 3. The predicted octanol–water partition coefficient (Wildman–Crippen LogP) is 11.2. The number of hydrogen-bond donors (Lipinski definition) is 4. The quantitative estimate of drug-likeness (QED) is 0.0418. The minimum atomic E-state index is -0.924. The second kappa shape index (κ2) is 28.7. The van der Waals surface area contributed by atoms with Gasteiger partial charge in [0, 0.05) is 66.1 Å². The number of aromatic nitrogens is 3. The van der Waals surface area contributed by atoms with Crippen LogP contribution in [0.1, 0.15) is 189 Å². The van der Waals surface area contributed by atoms with Crippen LogP contribution in [0.2, 0.25) is 0 Å². The fourth-order valence-electron chi connectivity index (χ4n) is 10.9. The Balaban J connectivity index is 0.000000186. The van der Waals surface area contributed by atoms with Gasteiger partial charge in [0.25, 0.3) is 0 Å². The summed E-state index contributed by atoms with van der Waals surface area (Å²) in [6, 6.07) is 9.82. The molecule has 0 atom stereocenters. The molecule has 6 heterocycles. The lowest BCUT2D eigenvalue weighted by molar-refractivity contribution is 0.0490. The second-order valence-corrected chi connectivity index (χ2v) is 25.7. The van der Waals surface area contributed by atoms with Crippen molar-refractivity contribution in [2.24, 2.45) is 22.0 Å². The van der Waals surface area contributed by atoms with E-state index in [1.807, 2.05) is 51.7 Å². The van der Waals surface area contributed by atoms with Crippen molar-refractivity contribution in [1.82, 2.24) is 15.0 Å². The number of anilines is 5. The first kappa shape index (κ1) is 64.8. The Labute approximate surface area is 482 Å². The number of nitrogens with one attached hydrogen (secondary N) is 2. The van der Waals surface area contributed by atoms with E-state index in [9.17, 15) is 23.9 Å². The van der Waals surface area contributed by atoms with Gasteiger partial charge in [-0.3, -0.25) is 0 Å². The van der Waals surface area contributed by atoms with Crippen molar-refractivity contribution >= 4 is 47.0 Å². The Bertz CT molecular complexity index is 2500. The van der Waals surface area contributed by atoms with E-state index in [1.165, 1.54) is 63.5 Å². The second-order valence-electron chi connectivity index (χ2n) is 25.7. The number of methoxy groups -OCH3 is 3. The molecule has 0 aromatic carbocycles. The van der Waals surface area contributed by atoms with E-state index in [4.69, 9.17) is 34.4 Å². The smallest absolute Gasteiger partial charge is 0.341 e. The van der Waals surface area contributed by atoms with Crippen LogP contribution in [0.3, 0.4) is 0 Å². The summed E-state index contributed by atoms with van der Waals surface area (Å²) in [6.45, 7) is 24.1. The summed E-state index contributed by atoms with van der Waals surface area (Å²) in [7, 11) is 5.00. The highest BCUT2D eigenvalue weighted by Gasteiger charge is 2.47. The van der Waals surface area contributed by atoms with Crippen LogP contribution in [0.4, 0.5) is 33.5 Å². The molecule has 5 N–H and O–H groups in total. The number of esters is 2. The van der Waals surface area contributed by atoms with Crippen molar-refractivity contribution in [3.05, 3.63) is 59.0 Å². The molecule has 3 aromatic rings. The molecule has 6 fully saturated rings. The van der Waals surface area contributed by atoms with Crippen LogP contribution >= 0.6 is 0 Å². The average Bonchev–Trinajstić information content (AvgIpc) is 4.38. The molecule has 0 radical (unpaired) electrons. The third-order valence-corrected chi connectivity index (χ3v) is 16.4. The maximum Gasteiger partial charge on any atom is 0.341 e. The van der Waals surface area contributed by atoms with Crippen molar-refractivity contribution in [2.75, 3.05) is 119 Å². The topological polar surface area (TPSA) is 216 Å². The van der Waals surface area contributed by atoms with Gasteiger partial charge in [-0.15, -0.1) is 0 Å². The molecule has 0 bridgehead atoms. The molecule has 0 amide bonds. The fourth-order valence-corrected chi connectivity index (χ4v) is 10.9. The van der Waals surface area contributed by atoms with Gasteiger partial charge in [-0.05, 0) is 184 Å². The van der Waals surface area contributed by atoms with Crippen LogP contribution in [-0.4, -0.2) is 148 Å². The Morgan fingerprint density at radius 3 is 1.19 bits per heavy atom. The first-order valence-electron chi connectivity index (χ1n) is 29.7. The molecule has 3 spiro atoms. The molecule has 3 aliphatic heterocycles. The number of aromatic carboxylic acids is 1. The van der Waals surface area contributed by atoms with Crippen LogP contribution in [0.15, 0.2) is 36.4 Å². The maximum atomic E-state index is 13.5. The molecule has 0 unspecified atom stereocenters. The molecule has 81 heavy (non-hydrogen) atoms. The number of nitrogens with zero attached hydrogens (tertiary/aromatic N) is 6. The molecule has 3 saturated carbocycles. The molecule has 452 valence electrons. The van der Waals surface area contributed by atoms with E-state index < -0.39 is 17.9 Å². The Kier molecular flexibility index (Phi) is 23.0. The average molecular weight is 1130 g/mol. The number of carbonyl (C=O) groups excluding carboxylic acids is 2. The van der Waals surface area contributed by atoms with Crippen LogP contribution in [-0.2, 0) is 23.7 Å². The number of hydrogen-bond acceptors (Lipinski definition) is 17. The molecular formula is C62H98FN9O9. The third-order valence-electron chi connectivity index (χ3n) is 16.4. The Morgan fingerprint density at radius 1 is 0.543 bits per heavy atom. The summed E-state index contributed by atoms with van der Waals surface area (Å²) in [5.74, 6) is 1.06. The van der Waals surface area contributed by atoms with Gasteiger partial charge in [0.1, 0.15) is 45.8 Å². The van der Waals surface area contributed by atoms with Gasteiger partial charge in [0.05, 0.1) is 44.1 Å². The van der Waals surface area contributed by atoms with Gasteiger partial charge in [-0.1, -0.05) is 26.7 Å². The zero-order valence-electron chi connectivity index (χ0n) is 50.9. The molecule has 3 aromatic heterocycles. The standard InChI is InChI=1S/C22H35N3O3.C18H27N3O3.C17H23FN2O2.C5H13NO/c1-5-6-15-28-20(26)17-7-8-18(24-21(2,3)16-27-4)23-19(17)25-13-11-22(9-10-22)12-14-25;1-17(2,12-24-3)20-14-5-4-13(16(22)23)15(19-14)21-10-8-18(6-7-18)9-11-21;1-2-3-12-22-16(21)13-4-5-14(18)19-15(13)20-10-8-17(6-7-17)9-11-20;1-5(2,6)4-7-3/h7-8H,5-6,9-16H2,1-4H3,(H,23,24);4-5H,6-12H2,1-3H3,(H,19,20)(H,22,23);4-5H,2-3,6-12H2,1H3;4,6H2,1-3H3. The lowest BCUT2D eigenvalue weighted by Gasteiger charge is -2.34. The van der Waals surface area contributed by atoms with Crippen molar-refractivity contribution in [3.8, 4) is 0 Å². The summed E-state index contributed by atoms with van der Waals surface area (Å²) in [4.78, 5) is 56.4. The maximum absolute atomic E-state index is 13.5. The summed E-state index contributed by atoms with van der Waals surface area (Å²) >= 11 is 0. The van der Waals surface area contributed by atoms with Crippen LogP contribution < -0.4 is 31.1 Å². The number of unbranched alkanes of at least 4 members (excludes halogenated alkanes) is 2. The molecule has 18 nitrogen and oxygen atoms in total. The number of rotatable bonds is 22. The lowest BCUT2D eigenvalue weighted by Crippen LogP contribution is -2.38. The van der Waals surface area contributed by atoms with E-state index in [0.29, 0.717) is 77.9 Å². The van der Waals surface area contributed by atoms with Gasteiger partial charge >= 0.3 is 17.9 Å². The lowest BCUT2D eigenvalue weighted by atomic mass is 9.93. The Hall–Kier alpha value is -5.37. The number of ether oxygens (including phenoxy) is 5. The molecule has 9 rings (SSSR count). The first-order chi connectivity index (χ1) is 38.4. The number of carboxylic acids is 1. The highest BCUT2D eigenvalue weighted by atomic mass is 19.1. The predicted molar refractivity (Wildman–Crippen MR) is 319 cm³/mol. The fraction of sp³-hybridized carbons (Fsp3) is 0.710. The van der Waals surface area contributed by atoms with Gasteiger partial charge in [0.15, 0.2) is 0 Å². The largest absolute Gasteiger partial charge is 0.478 e. The van der Waals surface area contributed by atoms with Gasteiger partial charge in [0.2, 0.25) is 5.95 Å². The summed E-state index contributed by atoms with van der Waals surface area (Å²) < 4.78 is 39.6. The normalized spacial score (nSPS) is 18.3. The SMILES string of the molecule is CCCCOC(=O)c1ccc(F)nc1N1CCC2(CC1)CC2.CCCCOC(=O)c1ccc(NC(C)(C)COC)nc1N1CCC2(CC1)CC2.COCC(C)(C)N.COCC(C)(C)Nc1ccc(C(=O)O)c(N2CCC3(CC2)CC3)n1. The zero-order chi connectivity index (χ0) is 59.1. The van der Waals surface area contributed by atoms with E-state index in [-0.39, 0.29) is 28.1 Å². The summed E-state index contributed by atoms with van der Waals surface area (Å²) in [5.41, 5.74) is 7.71. The van der Waals surface area contributed by atoms with Crippen LogP contribution in [0, 0.1) is 22.2 Å². The van der Waals surface area contributed by atoms with E-state index in [1.54, 1.807) is 33.5 Å². The number of piperidine rings is 3. The number of pyridine rings is 3. The van der Waals surface area contributed by atoms with Gasteiger partial charge in [-0.25, -0.2) is 29.3 Å². The summed E-state index contributed by atoms with van der Waals surface area (Å²) in [5, 5.41) is 16.3. The van der Waals surface area contributed by atoms with Gasteiger partial charge < -0.3 is 59.9 Å². The van der Waals surface area contributed by atoms with E-state index >= 15 is 0 Å². The molecule has 3 aliphatic carbocycles. The minimum Gasteiger partial charge on any atom is -0.478 e. The third kappa shape index (κ3) is 19.9. The van der Waals surface area contributed by atoms with Crippen molar-refractivity contribution in [3.63, 3.8) is 0 Å². The molecule has 3 saturated heterocycles. The highest BCUT2D eigenvalue weighted by Crippen LogP contribution is 2.56. The minimum absolute atomic E-state index is 0.172. The monoisotopic (exact) mass is 1130 g/mol. The van der Waals surface area contributed by atoms with Crippen LogP contribution in [0.25, 0.3) is 0 Å². The van der Waals surface area contributed by atoms with E-state index in [2.05, 4.69) is 51.2 Å². The zero-order valence-corrected chi connectivity index (χ0v) is 50.9. The number of nitrogens with two attached hydrogens (primary N) is 1. The van der Waals surface area contributed by atoms with E-state index in [0.717, 1.165) is 102 Å². The highest BCUT2D eigenvalue weighted by molar-refractivity contribution is 5.96. The number of carboxylic acid groups (broad SMARTS) is 1. The summed E-state index contributed by atoms with van der Waals surface area (Å²) in [6.07, 6.45) is 18.5. The Morgan fingerprint density at radius 2 is 0.877 bits per heavy atom. The molecule has 6 aliphatic rings. The van der Waals surface area contributed by atoms with Gasteiger partial charge in [-0.2, -0.15) is 4.39 Å².